The second-order valence-corrected chi connectivity index (χ2v) is 4.86. The van der Waals surface area contributed by atoms with Crippen LogP contribution >= 0.6 is 11.7 Å². The predicted molar refractivity (Wildman–Crippen MR) is 78.5 cm³/mol. The highest BCUT2D eigenvalue weighted by atomic mass is 32.1. The number of ketones is 1. The van der Waals surface area contributed by atoms with E-state index in [-0.39, 0.29) is 12.4 Å². The molecule has 0 radical (unpaired) electrons. The summed E-state index contributed by atoms with van der Waals surface area (Å²) < 4.78 is 13.2. The van der Waals surface area contributed by atoms with Crippen LogP contribution < -0.4 is 0 Å². The smallest absolute Gasteiger partial charge is 0.338 e. The van der Waals surface area contributed by atoms with Crippen molar-refractivity contribution < 1.29 is 14.3 Å². The van der Waals surface area contributed by atoms with Crippen LogP contribution in [0.1, 0.15) is 20.7 Å². The topological polar surface area (TPSA) is 69.2 Å². The second-order valence-electron chi connectivity index (χ2n) is 4.33. The van der Waals surface area contributed by atoms with Gasteiger partial charge in [0, 0.05) is 5.56 Å². The van der Waals surface area contributed by atoms with Crippen molar-refractivity contribution in [2.45, 2.75) is 0 Å². The molecule has 0 bridgehead atoms. The summed E-state index contributed by atoms with van der Waals surface area (Å²) in [7, 11) is 0. The molecular weight excluding hydrogens is 288 g/mol. The van der Waals surface area contributed by atoms with Crippen molar-refractivity contribution in [3.63, 3.8) is 0 Å². The molecule has 0 aliphatic rings. The van der Waals surface area contributed by atoms with Crippen LogP contribution in [0.25, 0.3) is 11.0 Å². The van der Waals surface area contributed by atoms with Gasteiger partial charge in [0.05, 0.1) is 17.3 Å². The third-order valence-corrected chi connectivity index (χ3v) is 3.48. The summed E-state index contributed by atoms with van der Waals surface area (Å²) in [6.07, 6.45) is 0. The molecule has 3 aromatic rings. The number of carbonyl (C=O) groups is 2. The summed E-state index contributed by atoms with van der Waals surface area (Å²) in [5, 5.41) is 0. The van der Waals surface area contributed by atoms with Crippen LogP contribution in [-0.2, 0) is 4.74 Å². The lowest BCUT2D eigenvalue weighted by molar-refractivity contribution is 0.0475. The minimum Gasteiger partial charge on any atom is -0.454 e. The van der Waals surface area contributed by atoms with E-state index < -0.39 is 5.97 Å². The Morgan fingerprint density at radius 1 is 0.952 bits per heavy atom. The number of ether oxygens (including phenoxy) is 1. The molecule has 1 heterocycles. The lowest BCUT2D eigenvalue weighted by atomic mass is 10.1. The molecule has 6 heteroatoms. The Hall–Kier alpha value is -2.60. The summed E-state index contributed by atoms with van der Waals surface area (Å²) in [5.74, 6) is -0.783. The van der Waals surface area contributed by atoms with Gasteiger partial charge in [0.25, 0.3) is 0 Å². The maximum absolute atomic E-state index is 11.9. The van der Waals surface area contributed by atoms with E-state index in [2.05, 4.69) is 8.75 Å². The van der Waals surface area contributed by atoms with E-state index in [1.54, 1.807) is 42.5 Å². The number of nitrogens with zero attached hydrogens (tertiary/aromatic N) is 2. The van der Waals surface area contributed by atoms with Crippen LogP contribution in [0.5, 0.6) is 0 Å². The number of esters is 1. The van der Waals surface area contributed by atoms with Crippen LogP contribution in [0.4, 0.5) is 0 Å². The maximum Gasteiger partial charge on any atom is 0.338 e. The average molecular weight is 298 g/mol. The maximum atomic E-state index is 11.9. The fourth-order valence-corrected chi connectivity index (χ4v) is 2.35. The van der Waals surface area contributed by atoms with Gasteiger partial charge in [-0.3, -0.25) is 4.79 Å². The molecule has 0 atom stereocenters. The highest BCUT2D eigenvalue weighted by Crippen LogP contribution is 2.14. The van der Waals surface area contributed by atoms with Gasteiger partial charge in [-0.05, 0) is 18.2 Å². The first-order valence-electron chi connectivity index (χ1n) is 6.22. The van der Waals surface area contributed by atoms with Gasteiger partial charge in [-0.1, -0.05) is 30.3 Å². The zero-order valence-electron chi connectivity index (χ0n) is 10.9. The van der Waals surface area contributed by atoms with Crippen LogP contribution in [-0.4, -0.2) is 27.1 Å². The summed E-state index contributed by atoms with van der Waals surface area (Å²) >= 11 is 1.08. The van der Waals surface area contributed by atoms with E-state index in [9.17, 15) is 9.59 Å². The Morgan fingerprint density at radius 2 is 1.71 bits per heavy atom. The third kappa shape index (κ3) is 2.95. The lowest BCUT2D eigenvalue weighted by Crippen LogP contribution is -2.14. The van der Waals surface area contributed by atoms with Gasteiger partial charge < -0.3 is 4.74 Å². The van der Waals surface area contributed by atoms with Crippen molar-refractivity contribution in [1.82, 2.24) is 8.75 Å². The molecular formula is C15H10N2O3S. The molecule has 5 nitrogen and oxygen atoms in total. The number of benzene rings is 2. The molecule has 2 aromatic carbocycles. The number of carbonyl (C=O) groups excluding carboxylic acids is 2. The van der Waals surface area contributed by atoms with Crippen molar-refractivity contribution >= 4 is 34.5 Å². The average Bonchev–Trinajstić information content (AvgIpc) is 3.00. The van der Waals surface area contributed by atoms with E-state index >= 15 is 0 Å². The molecule has 0 aliphatic carbocycles. The SMILES string of the molecule is O=C(COC(=O)c1ccc2nsnc2c1)c1ccccc1. The van der Waals surface area contributed by atoms with Crippen molar-refractivity contribution in [2.24, 2.45) is 0 Å². The van der Waals surface area contributed by atoms with E-state index in [0.29, 0.717) is 16.6 Å². The molecule has 0 fully saturated rings. The first kappa shape index (κ1) is 13.4. The normalized spacial score (nSPS) is 10.5. The van der Waals surface area contributed by atoms with Crippen molar-refractivity contribution in [3.05, 3.63) is 59.7 Å². The zero-order valence-corrected chi connectivity index (χ0v) is 11.7. The van der Waals surface area contributed by atoms with Gasteiger partial charge in [-0.2, -0.15) is 8.75 Å². The second kappa shape index (κ2) is 5.80. The van der Waals surface area contributed by atoms with Crippen molar-refractivity contribution in [2.75, 3.05) is 6.61 Å². The molecule has 3 rings (SSSR count). The van der Waals surface area contributed by atoms with Crippen LogP contribution in [0.3, 0.4) is 0 Å². The number of hydrogen-bond donors (Lipinski definition) is 0. The lowest BCUT2D eigenvalue weighted by Gasteiger charge is -2.04. The molecule has 104 valence electrons. The fourth-order valence-electron chi connectivity index (χ4n) is 1.83. The van der Waals surface area contributed by atoms with Crippen molar-refractivity contribution in [1.29, 1.82) is 0 Å². The molecule has 0 spiro atoms. The van der Waals surface area contributed by atoms with E-state index in [1.165, 1.54) is 0 Å². The van der Waals surface area contributed by atoms with Gasteiger partial charge in [-0.25, -0.2) is 4.79 Å². The molecule has 0 unspecified atom stereocenters. The van der Waals surface area contributed by atoms with Crippen LogP contribution in [0.2, 0.25) is 0 Å². The third-order valence-electron chi connectivity index (χ3n) is 2.92. The monoisotopic (exact) mass is 298 g/mol. The first-order chi connectivity index (χ1) is 10.2. The molecule has 0 saturated carbocycles. The number of rotatable bonds is 4. The Morgan fingerprint density at radius 3 is 2.52 bits per heavy atom. The summed E-state index contributed by atoms with van der Waals surface area (Å²) in [5.41, 5.74) is 2.25. The molecule has 0 aliphatic heterocycles. The number of Topliss-reactive ketones (excluding diaryl/α,β-unsaturated/α-hetero) is 1. The largest absolute Gasteiger partial charge is 0.454 e. The quantitative estimate of drug-likeness (QED) is 0.547. The fraction of sp³-hybridized carbons (Fsp3) is 0.0667. The Kier molecular flexibility index (Phi) is 3.70. The van der Waals surface area contributed by atoms with Gasteiger partial charge in [0.2, 0.25) is 0 Å². The standard InChI is InChI=1S/C15H10N2O3S/c18-14(10-4-2-1-3-5-10)9-20-15(19)11-6-7-12-13(8-11)17-21-16-12/h1-8H,9H2. The molecule has 21 heavy (non-hydrogen) atoms. The minimum absolute atomic E-state index is 0.236. The molecule has 0 amide bonds. The highest BCUT2D eigenvalue weighted by molar-refractivity contribution is 7.00. The highest BCUT2D eigenvalue weighted by Gasteiger charge is 2.12. The number of hydrogen-bond acceptors (Lipinski definition) is 6. The first-order valence-corrected chi connectivity index (χ1v) is 6.95. The Balaban J connectivity index is 1.67. The minimum atomic E-state index is -0.547. The molecule has 0 N–H and O–H groups in total. The Labute approximate surface area is 124 Å². The zero-order chi connectivity index (χ0) is 14.7. The molecule has 1 aromatic heterocycles. The predicted octanol–water partition coefficient (Wildman–Crippen LogP) is 2.73. The van der Waals surface area contributed by atoms with Crippen LogP contribution in [0, 0.1) is 0 Å². The van der Waals surface area contributed by atoms with E-state index in [4.69, 9.17) is 4.74 Å². The van der Waals surface area contributed by atoms with Gasteiger partial charge in [0.1, 0.15) is 11.0 Å². The number of fused-ring (bicyclic) bond motifs is 1. The molecule has 0 saturated heterocycles. The van der Waals surface area contributed by atoms with Crippen molar-refractivity contribution in [3.8, 4) is 0 Å². The Bertz CT molecular complexity index is 799. The summed E-state index contributed by atoms with van der Waals surface area (Å²) in [6, 6.07) is 13.6. The summed E-state index contributed by atoms with van der Waals surface area (Å²) in [4.78, 5) is 23.8. The van der Waals surface area contributed by atoms with E-state index in [0.717, 1.165) is 17.2 Å². The number of aromatic nitrogens is 2. The van der Waals surface area contributed by atoms with E-state index in [1.807, 2.05) is 6.07 Å². The van der Waals surface area contributed by atoms with Gasteiger partial charge in [0.15, 0.2) is 12.4 Å². The van der Waals surface area contributed by atoms with Crippen LogP contribution in [0.15, 0.2) is 48.5 Å². The summed E-state index contributed by atoms with van der Waals surface area (Å²) in [6.45, 7) is -0.282. The van der Waals surface area contributed by atoms with Gasteiger partial charge in [-0.15, -0.1) is 0 Å². The van der Waals surface area contributed by atoms with Gasteiger partial charge >= 0.3 is 5.97 Å².